The number of hydrogen-bond acceptors (Lipinski definition) is 7. The highest BCUT2D eigenvalue weighted by molar-refractivity contribution is 7.21. The number of piperidine rings is 1. The lowest BCUT2D eigenvalue weighted by atomic mass is 10.0. The second-order valence-corrected chi connectivity index (χ2v) is 10.8. The van der Waals surface area contributed by atoms with Gasteiger partial charge in [-0.2, -0.15) is 0 Å². The Balaban J connectivity index is 1.14. The van der Waals surface area contributed by atoms with Crippen LogP contribution in [-0.2, 0) is 6.42 Å². The van der Waals surface area contributed by atoms with E-state index < -0.39 is 0 Å². The van der Waals surface area contributed by atoms with Crippen molar-refractivity contribution in [2.24, 2.45) is 0 Å². The predicted octanol–water partition coefficient (Wildman–Crippen LogP) is 6.35. The van der Waals surface area contributed by atoms with Gasteiger partial charge in [-0.25, -0.2) is 9.97 Å². The summed E-state index contributed by atoms with van der Waals surface area (Å²) in [5.41, 5.74) is 4.47. The van der Waals surface area contributed by atoms with Crippen LogP contribution in [0, 0.1) is 0 Å². The summed E-state index contributed by atoms with van der Waals surface area (Å²) in [6.07, 6.45) is 4.24. The summed E-state index contributed by atoms with van der Waals surface area (Å²) in [6, 6.07) is 16.1. The Kier molecular flexibility index (Phi) is 5.99. The van der Waals surface area contributed by atoms with Crippen molar-refractivity contribution in [3.63, 3.8) is 0 Å². The van der Waals surface area contributed by atoms with Crippen molar-refractivity contribution in [1.82, 2.24) is 14.9 Å². The van der Waals surface area contributed by atoms with E-state index in [-0.39, 0.29) is 5.78 Å². The maximum absolute atomic E-state index is 13.0. The fourth-order valence-electron chi connectivity index (χ4n) is 4.64. The SMILES string of the molecule is O=C(Cc1nc2ccc3scnc3c2s1)c1ccc2cc(OCCN3CCCCC3)ccc2c1. The average Bonchev–Trinajstić information content (AvgIpc) is 3.50. The minimum absolute atomic E-state index is 0.0809. The maximum Gasteiger partial charge on any atom is 0.169 e. The first-order chi connectivity index (χ1) is 16.7. The van der Waals surface area contributed by atoms with Crippen LogP contribution in [0.5, 0.6) is 5.75 Å². The molecule has 0 amide bonds. The number of likely N-dealkylation sites (tertiary alicyclic amines) is 1. The number of carbonyl (C=O) groups is 1. The smallest absolute Gasteiger partial charge is 0.169 e. The number of carbonyl (C=O) groups excluding carboxylic acids is 1. The van der Waals surface area contributed by atoms with Crippen molar-refractivity contribution in [1.29, 1.82) is 0 Å². The molecule has 34 heavy (non-hydrogen) atoms. The third-order valence-electron chi connectivity index (χ3n) is 6.47. The van der Waals surface area contributed by atoms with Crippen LogP contribution >= 0.6 is 22.7 Å². The monoisotopic (exact) mass is 487 g/mol. The van der Waals surface area contributed by atoms with E-state index in [1.54, 1.807) is 22.7 Å². The Morgan fingerprint density at radius 3 is 2.76 bits per heavy atom. The molecule has 0 unspecified atom stereocenters. The fraction of sp³-hybridized carbons (Fsp3) is 0.296. The van der Waals surface area contributed by atoms with E-state index in [2.05, 4.69) is 27.0 Å². The number of hydrogen-bond donors (Lipinski definition) is 0. The highest BCUT2D eigenvalue weighted by Crippen LogP contribution is 2.32. The number of benzene rings is 3. The van der Waals surface area contributed by atoms with Crippen LogP contribution < -0.4 is 4.74 Å². The molecule has 3 aromatic carbocycles. The van der Waals surface area contributed by atoms with Crippen LogP contribution in [0.2, 0.25) is 0 Å². The molecule has 1 aliphatic rings. The summed E-state index contributed by atoms with van der Waals surface area (Å²) in [6.45, 7) is 4.05. The summed E-state index contributed by atoms with van der Waals surface area (Å²) < 4.78 is 8.22. The standard InChI is InChI=1S/C27H25N3O2S2/c31-23(16-25-29-22-8-9-24-26(27(22)34-25)28-17-33-24)20-5-4-19-15-21(7-6-18(19)14-20)32-13-12-30-10-2-1-3-11-30/h4-9,14-15,17H,1-3,10-13,16H2. The number of ketones is 1. The molecular formula is C27H25N3O2S2. The molecule has 0 spiro atoms. The molecule has 6 rings (SSSR count). The molecule has 1 fully saturated rings. The molecule has 0 aliphatic carbocycles. The van der Waals surface area contributed by atoms with Gasteiger partial charge in [-0.05, 0) is 67.0 Å². The van der Waals surface area contributed by atoms with E-state index in [0.717, 1.165) is 48.5 Å². The number of thiazole rings is 2. The highest BCUT2D eigenvalue weighted by Gasteiger charge is 2.15. The molecule has 1 saturated heterocycles. The van der Waals surface area contributed by atoms with Gasteiger partial charge in [-0.1, -0.05) is 24.6 Å². The van der Waals surface area contributed by atoms with Crippen molar-refractivity contribution < 1.29 is 9.53 Å². The quantitative estimate of drug-likeness (QED) is 0.250. The lowest BCUT2D eigenvalue weighted by Gasteiger charge is -2.26. The van der Waals surface area contributed by atoms with Crippen LogP contribution in [0.3, 0.4) is 0 Å². The van der Waals surface area contributed by atoms with Gasteiger partial charge >= 0.3 is 0 Å². The minimum Gasteiger partial charge on any atom is -0.492 e. The third kappa shape index (κ3) is 4.43. The lowest BCUT2D eigenvalue weighted by molar-refractivity contribution is 0.0993. The number of nitrogens with zero attached hydrogens (tertiary/aromatic N) is 3. The van der Waals surface area contributed by atoms with Gasteiger partial charge in [0.05, 0.1) is 26.8 Å². The average molecular weight is 488 g/mol. The number of Topliss-reactive ketones (excluding diaryl/α,β-unsaturated/α-hetero) is 1. The second-order valence-electron chi connectivity index (χ2n) is 8.79. The van der Waals surface area contributed by atoms with Gasteiger partial charge in [-0.15, -0.1) is 22.7 Å². The molecule has 3 heterocycles. The number of rotatable bonds is 7. The molecule has 5 aromatic rings. The first-order valence-corrected chi connectivity index (χ1v) is 13.5. The van der Waals surface area contributed by atoms with Gasteiger partial charge in [0.15, 0.2) is 5.78 Å². The van der Waals surface area contributed by atoms with Crippen LogP contribution in [0.4, 0.5) is 0 Å². The maximum atomic E-state index is 13.0. The van der Waals surface area contributed by atoms with Crippen molar-refractivity contribution in [3.05, 3.63) is 64.6 Å². The van der Waals surface area contributed by atoms with Crippen molar-refractivity contribution in [2.75, 3.05) is 26.2 Å². The molecule has 7 heteroatoms. The van der Waals surface area contributed by atoms with E-state index in [1.165, 1.54) is 32.4 Å². The fourth-order valence-corrected chi connectivity index (χ4v) is 6.45. The van der Waals surface area contributed by atoms with Crippen LogP contribution in [0.1, 0.15) is 34.6 Å². The Labute approximate surface area is 206 Å². The predicted molar refractivity (Wildman–Crippen MR) is 141 cm³/mol. The topological polar surface area (TPSA) is 55.3 Å². The zero-order valence-electron chi connectivity index (χ0n) is 18.8. The Morgan fingerprint density at radius 2 is 1.85 bits per heavy atom. The zero-order chi connectivity index (χ0) is 22.9. The molecule has 0 atom stereocenters. The Hall–Kier alpha value is -2.87. The van der Waals surface area contributed by atoms with Crippen LogP contribution in [-0.4, -0.2) is 46.9 Å². The molecule has 2 aromatic heterocycles. The lowest BCUT2D eigenvalue weighted by Crippen LogP contribution is -2.33. The van der Waals surface area contributed by atoms with Crippen molar-refractivity contribution in [3.8, 4) is 5.75 Å². The van der Waals surface area contributed by atoms with Crippen molar-refractivity contribution >= 4 is 59.7 Å². The Morgan fingerprint density at radius 1 is 1.00 bits per heavy atom. The Bertz CT molecular complexity index is 1480. The molecule has 1 aliphatic heterocycles. The summed E-state index contributed by atoms with van der Waals surface area (Å²) in [5.74, 6) is 0.962. The van der Waals surface area contributed by atoms with Gasteiger partial charge in [0.2, 0.25) is 0 Å². The van der Waals surface area contributed by atoms with E-state index in [4.69, 9.17) is 4.74 Å². The first-order valence-electron chi connectivity index (χ1n) is 11.8. The van der Waals surface area contributed by atoms with Crippen LogP contribution in [0.15, 0.2) is 54.0 Å². The normalized spacial score (nSPS) is 14.8. The molecule has 0 bridgehead atoms. The summed E-state index contributed by atoms with van der Waals surface area (Å²) in [4.78, 5) is 24.7. The highest BCUT2D eigenvalue weighted by atomic mass is 32.1. The molecule has 0 radical (unpaired) electrons. The first kappa shape index (κ1) is 21.6. The van der Waals surface area contributed by atoms with Gasteiger partial charge in [-0.3, -0.25) is 9.69 Å². The number of ether oxygens (including phenoxy) is 1. The molecule has 0 saturated carbocycles. The third-order valence-corrected chi connectivity index (χ3v) is 8.34. The van der Waals surface area contributed by atoms with Crippen LogP contribution in [0.25, 0.3) is 31.2 Å². The zero-order valence-corrected chi connectivity index (χ0v) is 20.5. The molecule has 172 valence electrons. The van der Waals surface area contributed by atoms with Crippen molar-refractivity contribution in [2.45, 2.75) is 25.7 Å². The van der Waals surface area contributed by atoms with Gasteiger partial charge < -0.3 is 4.74 Å². The summed E-state index contributed by atoms with van der Waals surface area (Å²) in [7, 11) is 0. The molecular weight excluding hydrogens is 462 g/mol. The summed E-state index contributed by atoms with van der Waals surface area (Å²) >= 11 is 3.19. The molecule has 5 nitrogen and oxygen atoms in total. The largest absolute Gasteiger partial charge is 0.492 e. The summed E-state index contributed by atoms with van der Waals surface area (Å²) in [5, 5.41) is 2.96. The van der Waals surface area contributed by atoms with E-state index in [1.807, 2.05) is 41.9 Å². The number of fused-ring (bicyclic) bond motifs is 4. The molecule has 0 N–H and O–H groups in total. The van der Waals surface area contributed by atoms with E-state index >= 15 is 0 Å². The van der Waals surface area contributed by atoms with E-state index in [0.29, 0.717) is 18.6 Å². The van der Waals surface area contributed by atoms with Gasteiger partial charge in [0.1, 0.15) is 22.9 Å². The van der Waals surface area contributed by atoms with E-state index in [9.17, 15) is 4.79 Å². The van der Waals surface area contributed by atoms with Gasteiger partial charge in [0.25, 0.3) is 0 Å². The van der Waals surface area contributed by atoms with Gasteiger partial charge in [0, 0.05) is 12.1 Å². The number of aromatic nitrogens is 2. The minimum atomic E-state index is 0.0809. The second kappa shape index (κ2) is 9.41.